The standard InChI is InChI=1S/C18H22N2O2/c1-15-11-14-20(18(15)22)13-6-5-12-19-17(21)10-9-16-7-3-2-4-8-16/h2-4,7-11H,5-6,12-14H2,1H3,(H,19,21). The summed E-state index contributed by atoms with van der Waals surface area (Å²) in [5, 5.41) is 2.86. The number of nitrogens with zero attached hydrogens (tertiary/aromatic N) is 1. The van der Waals surface area contributed by atoms with Crippen LogP contribution >= 0.6 is 0 Å². The fraction of sp³-hybridized carbons (Fsp3) is 0.333. The van der Waals surface area contributed by atoms with Crippen LogP contribution in [0.1, 0.15) is 25.3 Å². The van der Waals surface area contributed by atoms with E-state index >= 15 is 0 Å². The maximum absolute atomic E-state index is 11.7. The zero-order valence-electron chi connectivity index (χ0n) is 12.9. The average Bonchev–Trinajstić information content (AvgIpc) is 2.85. The first kappa shape index (κ1) is 16.0. The molecule has 116 valence electrons. The molecule has 22 heavy (non-hydrogen) atoms. The largest absolute Gasteiger partial charge is 0.353 e. The third-order valence-corrected chi connectivity index (χ3v) is 3.62. The Morgan fingerprint density at radius 1 is 1.27 bits per heavy atom. The Kier molecular flexibility index (Phi) is 5.95. The maximum Gasteiger partial charge on any atom is 0.249 e. The summed E-state index contributed by atoms with van der Waals surface area (Å²) in [4.78, 5) is 25.2. The van der Waals surface area contributed by atoms with Crippen LogP contribution in [0.5, 0.6) is 0 Å². The van der Waals surface area contributed by atoms with Crippen molar-refractivity contribution in [2.45, 2.75) is 19.8 Å². The van der Waals surface area contributed by atoms with Crippen LogP contribution in [0.2, 0.25) is 0 Å². The van der Waals surface area contributed by atoms with Crippen molar-refractivity contribution in [3.8, 4) is 0 Å². The van der Waals surface area contributed by atoms with Gasteiger partial charge < -0.3 is 10.2 Å². The van der Waals surface area contributed by atoms with Crippen molar-refractivity contribution >= 4 is 17.9 Å². The van der Waals surface area contributed by atoms with Crippen molar-refractivity contribution in [1.82, 2.24) is 10.2 Å². The van der Waals surface area contributed by atoms with Gasteiger partial charge in [-0.1, -0.05) is 36.4 Å². The third kappa shape index (κ3) is 4.88. The Morgan fingerprint density at radius 3 is 2.73 bits per heavy atom. The van der Waals surface area contributed by atoms with Gasteiger partial charge in [-0.15, -0.1) is 0 Å². The van der Waals surface area contributed by atoms with E-state index in [-0.39, 0.29) is 11.8 Å². The zero-order chi connectivity index (χ0) is 15.8. The molecule has 1 aliphatic rings. The van der Waals surface area contributed by atoms with Crippen LogP contribution in [0.15, 0.2) is 48.1 Å². The van der Waals surface area contributed by atoms with Crippen molar-refractivity contribution < 1.29 is 9.59 Å². The number of hydrogen-bond donors (Lipinski definition) is 1. The van der Waals surface area contributed by atoms with Crippen LogP contribution in [-0.2, 0) is 9.59 Å². The first-order valence-electron chi connectivity index (χ1n) is 7.64. The Hall–Kier alpha value is -2.36. The minimum absolute atomic E-state index is 0.0846. The van der Waals surface area contributed by atoms with Gasteiger partial charge >= 0.3 is 0 Å². The van der Waals surface area contributed by atoms with Crippen LogP contribution in [0, 0.1) is 0 Å². The monoisotopic (exact) mass is 298 g/mol. The second kappa shape index (κ2) is 8.17. The van der Waals surface area contributed by atoms with Gasteiger partial charge in [0.05, 0.1) is 0 Å². The van der Waals surface area contributed by atoms with E-state index in [1.165, 1.54) is 0 Å². The number of amides is 2. The van der Waals surface area contributed by atoms with E-state index in [9.17, 15) is 9.59 Å². The van der Waals surface area contributed by atoms with Crippen LogP contribution in [0.4, 0.5) is 0 Å². The lowest BCUT2D eigenvalue weighted by Crippen LogP contribution is -2.28. The molecule has 0 radical (unpaired) electrons. The number of benzene rings is 1. The highest BCUT2D eigenvalue weighted by Gasteiger charge is 2.19. The van der Waals surface area contributed by atoms with E-state index in [1.807, 2.05) is 48.2 Å². The molecule has 0 atom stereocenters. The summed E-state index contributed by atoms with van der Waals surface area (Å²) in [5.41, 5.74) is 1.84. The highest BCUT2D eigenvalue weighted by molar-refractivity contribution is 5.95. The van der Waals surface area contributed by atoms with Gasteiger partial charge in [0.25, 0.3) is 0 Å². The molecule has 0 saturated carbocycles. The number of carbonyl (C=O) groups excluding carboxylic acids is 2. The minimum Gasteiger partial charge on any atom is -0.353 e. The van der Waals surface area contributed by atoms with E-state index in [1.54, 1.807) is 12.2 Å². The lowest BCUT2D eigenvalue weighted by atomic mass is 10.2. The van der Waals surface area contributed by atoms with Gasteiger partial charge in [0.15, 0.2) is 0 Å². The quantitative estimate of drug-likeness (QED) is 0.620. The minimum atomic E-state index is -0.0846. The van der Waals surface area contributed by atoms with Crippen molar-refractivity contribution in [3.05, 3.63) is 53.6 Å². The molecule has 2 amide bonds. The molecule has 2 rings (SSSR count). The summed E-state index contributed by atoms with van der Waals surface area (Å²) in [7, 11) is 0. The number of carbonyl (C=O) groups is 2. The van der Waals surface area contributed by atoms with Crippen molar-refractivity contribution in [2.24, 2.45) is 0 Å². The molecule has 1 aliphatic heterocycles. The molecule has 1 aromatic carbocycles. The van der Waals surface area contributed by atoms with E-state index < -0.39 is 0 Å². The van der Waals surface area contributed by atoms with Crippen LogP contribution < -0.4 is 5.32 Å². The summed E-state index contributed by atoms with van der Waals surface area (Å²) in [6, 6.07) is 9.72. The van der Waals surface area contributed by atoms with Gasteiger partial charge in [-0.25, -0.2) is 0 Å². The number of rotatable bonds is 7. The Balaban J connectivity index is 1.58. The lowest BCUT2D eigenvalue weighted by Gasteiger charge is -2.15. The Bertz CT molecular complexity index is 576. The molecule has 0 saturated heterocycles. The average molecular weight is 298 g/mol. The topological polar surface area (TPSA) is 49.4 Å². The summed E-state index contributed by atoms with van der Waals surface area (Å²) in [6.07, 6.45) is 7.07. The van der Waals surface area contributed by atoms with Gasteiger partial charge in [0.1, 0.15) is 0 Å². The van der Waals surface area contributed by atoms with Gasteiger partial charge in [-0.3, -0.25) is 9.59 Å². The molecule has 0 bridgehead atoms. The molecule has 4 heteroatoms. The molecule has 0 fully saturated rings. The predicted molar refractivity (Wildman–Crippen MR) is 88.1 cm³/mol. The number of hydrogen-bond acceptors (Lipinski definition) is 2. The molecule has 1 heterocycles. The molecular weight excluding hydrogens is 276 g/mol. The predicted octanol–water partition coefficient (Wildman–Crippen LogP) is 2.38. The molecular formula is C18H22N2O2. The normalized spacial score (nSPS) is 14.5. The summed E-state index contributed by atoms with van der Waals surface area (Å²) < 4.78 is 0. The van der Waals surface area contributed by atoms with Crippen molar-refractivity contribution in [3.63, 3.8) is 0 Å². The van der Waals surface area contributed by atoms with Crippen LogP contribution in [0.3, 0.4) is 0 Å². The first-order valence-corrected chi connectivity index (χ1v) is 7.64. The van der Waals surface area contributed by atoms with E-state index in [2.05, 4.69) is 5.32 Å². The van der Waals surface area contributed by atoms with Gasteiger partial charge in [0.2, 0.25) is 11.8 Å². The maximum atomic E-state index is 11.7. The van der Waals surface area contributed by atoms with Crippen molar-refractivity contribution in [2.75, 3.05) is 19.6 Å². The highest BCUT2D eigenvalue weighted by Crippen LogP contribution is 2.10. The Labute approximate surface area is 131 Å². The fourth-order valence-corrected chi connectivity index (χ4v) is 2.29. The summed E-state index contributed by atoms with van der Waals surface area (Å²) in [6.45, 7) is 3.95. The number of unbranched alkanes of at least 4 members (excludes halogenated alkanes) is 1. The lowest BCUT2D eigenvalue weighted by molar-refractivity contribution is -0.125. The molecule has 0 unspecified atom stereocenters. The zero-order valence-corrected chi connectivity index (χ0v) is 12.9. The van der Waals surface area contributed by atoms with E-state index in [4.69, 9.17) is 0 Å². The SMILES string of the molecule is CC1=CCN(CCCCNC(=O)C=Cc2ccccc2)C1=O. The van der Waals surface area contributed by atoms with E-state index in [0.29, 0.717) is 6.54 Å². The molecule has 1 aromatic rings. The van der Waals surface area contributed by atoms with Gasteiger partial charge in [0, 0.05) is 31.3 Å². The molecule has 0 spiro atoms. The highest BCUT2D eigenvalue weighted by atomic mass is 16.2. The number of nitrogens with one attached hydrogen (secondary N) is 1. The second-order valence-electron chi connectivity index (χ2n) is 5.38. The van der Waals surface area contributed by atoms with Crippen LogP contribution in [-0.4, -0.2) is 36.3 Å². The summed E-state index contributed by atoms with van der Waals surface area (Å²) >= 11 is 0. The second-order valence-corrected chi connectivity index (χ2v) is 5.38. The van der Waals surface area contributed by atoms with Crippen molar-refractivity contribution in [1.29, 1.82) is 0 Å². The molecule has 0 aliphatic carbocycles. The third-order valence-electron chi connectivity index (χ3n) is 3.62. The molecule has 0 aromatic heterocycles. The smallest absolute Gasteiger partial charge is 0.249 e. The molecule has 4 nitrogen and oxygen atoms in total. The van der Waals surface area contributed by atoms with Crippen LogP contribution in [0.25, 0.3) is 6.08 Å². The van der Waals surface area contributed by atoms with Gasteiger partial charge in [-0.2, -0.15) is 0 Å². The Morgan fingerprint density at radius 2 is 2.05 bits per heavy atom. The first-order chi connectivity index (χ1) is 10.7. The fourth-order valence-electron chi connectivity index (χ4n) is 2.29. The molecule has 1 N–H and O–H groups in total. The summed E-state index contributed by atoms with van der Waals surface area (Å²) in [5.74, 6) is 0.0495. The van der Waals surface area contributed by atoms with Gasteiger partial charge in [-0.05, 0) is 31.4 Å². The van der Waals surface area contributed by atoms with E-state index in [0.717, 1.165) is 37.1 Å².